The number of nitrogens with one attached hydrogen (secondary N) is 2. The molecule has 4 aromatic rings. The molecule has 1 amide bonds. The number of aryl methyl sites for hydroxylation is 1. The number of nitrogens with zero attached hydrogens (tertiary/aromatic N) is 2. The van der Waals surface area contributed by atoms with Gasteiger partial charge < -0.3 is 10.1 Å². The number of rotatable bonds is 4. The number of para-hydroxylation sites is 1. The maximum atomic E-state index is 12.4. The first-order chi connectivity index (χ1) is 13.6. The number of benzene rings is 3. The van der Waals surface area contributed by atoms with Crippen molar-refractivity contribution < 1.29 is 9.90 Å². The lowest BCUT2D eigenvalue weighted by Crippen LogP contribution is -2.17. The molecule has 0 saturated heterocycles. The highest BCUT2D eigenvalue weighted by Crippen LogP contribution is 2.28. The number of amides is 1. The SMILES string of the molecule is Cc1cccc(/C=N/NC(=O)c2ccc3nc(-c4ccccc4O)[nH]c3c2)c1. The molecule has 3 N–H and O–H groups in total. The predicted octanol–water partition coefficient (Wildman–Crippen LogP) is 4.01. The molecular weight excluding hydrogens is 352 g/mol. The second-order valence-electron chi connectivity index (χ2n) is 6.45. The van der Waals surface area contributed by atoms with Gasteiger partial charge in [-0.2, -0.15) is 5.10 Å². The standard InChI is InChI=1S/C22H18N4O2/c1-14-5-4-6-15(11-14)13-23-26-22(28)16-9-10-18-19(12-16)25-21(24-18)17-7-2-3-8-20(17)27/h2-13,27H,1H3,(H,24,25)(H,26,28)/b23-13+. The summed E-state index contributed by atoms with van der Waals surface area (Å²) in [5, 5.41) is 14.0. The quantitative estimate of drug-likeness (QED) is 0.374. The molecule has 138 valence electrons. The Morgan fingerprint density at radius 2 is 1.96 bits per heavy atom. The zero-order chi connectivity index (χ0) is 19.5. The minimum Gasteiger partial charge on any atom is -0.507 e. The minimum absolute atomic E-state index is 0.144. The van der Waals surface area contributed by atoms with Crippen LogP contribution in [0.4, 0.5) is 0 Å². The van der Waals surface area contributed by atoms with Gasteiger partial charge in [-0.25, -0.2) is 10.4 Å². The van der Waals surface area contributed by atoms with Gasteiger partial charge in [-0.3, -0.25) is 4.79 Å². The van der Waals surface area contributed by atoms with E-state index in [2.05, 4.69) is 20.5 Å². The Morgan fingerprint density at radius 3 is 2.79 bits per heavy atom. The van der Waals surface area contributed by atoms with Gasteiger partial charge in [0.1, 0.15) is 11.6 Å². The van der Waals surface area contributed by atoms with Gasteiger partial charge in [-0.05, 0) is 42.8 Å². The topological polar surface area (TPSA) is 90.4 Å². The summed E-state index contributed by atoms with van der Waals surface area (Å²) in [6.45, 7) is 2.00. The summed E-state index contributed by atoms with van der Waals surface area (Å²) < 4.78 is 0. The number of carbonyl (C=O) groups excluding carboxylic acids is 1. The number of fused-ring (bicyclic) bond motifs is 1. The fourth-order valence-corrected chi connectivity index (χ4v) is 2.93. The van der Waals surface area contributed by atoms with E-state index in [9.17, 15) is 9.90 Å². The Balaban J connectivity index is 1.54. The largest absolute Gasteiger partial charge is 0.507 e. The van der Waals surface area contributed by atoms with Crippen molar-refractivity contribution in [2.75, 3.05) is 0 Å². The van der Waals surface area contributed by atoms with Crippen molar-refractivity contribution >= 4 is 23.2 Å². The average molecular weight is 370 g/mol. The molecule has 0 saturated carbocycles. The van der Waals surface area contributed by atoms with Gasteiger partial charge in [0.25, 0.3) is 5.91 Å². The first-order valence-electron chi connectivity index (χ1n) is 8.78. The molecule has 0 radical (unpaired) electrons. The monoisotopic (exact) mass is 370 g/mol. The van der Waals surface area contributed by atoms with Crippen molar-refractivity contribution in [3.05, 3.63) is 83.4 Å². The number of carbonyl (C=O) groups is 1. The molecule has 4 rings (SSSR count). The van der Waals surface area contributed by atoms with Crippen LogP contribution in [0.15, 0.2) is 71.8 Å². The van der Waals surface area contributed by atoms with Crippen LogP contribution in [0, 0.1) is 6.92 Å². The van der Waals surface area contributed by atoms with Crippen LogP contribution in [0.2, 0.25) is 0 Å². The molecule has 1 heterocycles. The van der Waals surface area contributed by atoms with E-state index >= 15 is 0 Å². The van der Waals surface area contributed by atoms with Crippen LogP contribution in [0.3, 0.4) is 0 Å². The molecular formula is C22H18N4O2. The highest BCUT2D eigenvalue weighted by molar-refractivity contribution is 5.98. The molecule has 6 heteroatoms. The van der Waals surface area contributed by atoms with Crippen molar-refractivity contribution in [1.29, 1.82) is 0 Å². The van der Waals surface area contributed by atoms with Gasteiger partial charge in [0.05, 0.1) is 22.8 Å². The second-order valence-corrected chi connectivity index (χ2v) is 6.45. The normalized spacial score (nSPS) is 11.2. The molecule has 0 unspecified atom stereocenters. The third kappa shape index (κ3) is 3.61. The van der Waals surface area contributed by atoms with Gasteiger partial charge >= 0.3 is 0 Å². The van der Waals surface area contributed by atoms with Crippen LogP contribution in [0.25, 0.3) is 22.4 Å². The lowest BCUT2D eigenvalue weighted by molar-refractivity contribution is 0.0955. The van der Waals surface area contributed by atoms with E-state index in [0.717, 1.165) is 11.1 Å². The first-order valence-corrected chi connectivity index (χ1v) is 8.78. The zero-order valence-corrected chi connectivity index (χ0v) is 15.2. The van der Waals surface area contributed by atoms with Crippen LogP contribution >= 0.6 is 0 Å². The highest BCUT2D eigenvalue weighted by atomic mass is 16.3. The minimum atomic E-state index is -0.315. The zero-order valence-electron chi connectivity index (χ0n) is 15.2. The summed E-state index contributed by atoms with van der Waals surface area (Å²) in [6.07, 6.45) is 1.61. The van der Waals surface area contributed by atoms with Gasteiger partial charge in [0.2, 0.25) is 0 Å². The van der Waals surface area contributed by atoms with Crippen LogP contribution in [0.5, 0.6) is 5.75 Å². The number of hydrazone groups is 1. The Bertz CT molecular complexity index is 1190. The number of aromatic amines is 1. The van der Waals surface area contributed by atoms with Crippen molar-refractivity contribution in [2.45, 2.75) is 6.92 Å². The second kappa shape index (κ2) is 7.36. The number of hydrogen-bond acceptors (Lipinski definition) is 4. The molecule has 0 aliphatic carbocycles. The molecule has 28 heavy (non-hydrogen) atoms. The Labute approximate surface area is 161 Å². The molecule has 0 aliphatic rings. The van der Waals surface area contributed by atoms with E-state index < -0.39 is 0 Å². The average Bonchev–Trinajstić information content (AvgIpc) is 3.11. The number of phenols is 1. The maximum Gasteiger partial charge on any atom is 0.271 e. The van der Waals surface area contributed by atoms with Gasteiger partial charge in [-0.1, -0.05) is 42.0 Å². The third-order valence-electron chi connectivity index (χ3n) is 4.33. The fourth-order valence-electron chi connectivity index (χ4n) is 2.93. The van der Waals surface area contributed by atoms with Crippen LogP contribution in [-0.4, -0.2) is 27.2 Å². The van der Waals surface area contributed by atoms with Gasteiger partial charge in [-0.15, -0.1) is 0 Å². The smallest absolute Gasteiger partial charge is 0.271 e. The Kier molecular flexibility index (Phi) is 4.60. The van der Waals surface area contributed by atoms with Gasteiger partial charge in [0.15, 0.2) is 0 Å². The van der Waals surface area contributed by atoms with E-state index in [1.807, 2.05) is 37.3 Å². The van der Waals surface area contributed by atoms with Crippen molar-refractivity contribution in [2.24, 2.45) is 5.10 Å². The number of imidazole rings is 1. The Morgan fingerprint density at radius 1 is 1.11 bits per heavy atom. The number of hydrogen-bond donors (Lipinski definition) is 3. The van der Waals surface area contributed by atoms with E-state index in [1.165, 1.54) is 0 Å². The third-order valence-corrected chi connectivity index (χ3v) is 4.33. The molecule has 1 aromatic heterocycles. The fraction of sp³-hybridized carbons (Fsp3) is 0.0455. The molecule has 0 aliphatic heterocycles. The molecule has 6 nitrogen and oxygen atoms in total. The summed E-state index contributed by atoms with van der Waals surface area (Å²) in [5.41, 5.74) is 7.05. The van der Waals surface area contributed by atoms with Crippen molar-refractivity contribution in [3.63, 3.8) is 0 Å². The number of H-pyrrole nitrogens is 1. The summed E-state index contributed by atoms with van der Waals surface area (Å²) in [4.78, 5) is 20.0. The molecule has 0 spiro atoms. The molecule has 0 bridgehead atoms. The molecule has 0 atom stereocenters. The maximum absolute atomic E-state index is 12.4. The van der Waals surface area contributed by atoms with Crippen LogP contribution in [-0.2, 0) is 0 Å². The molecule has 0 fully saturated rings. The Hall–Kier alpha value is -3.93. The van der Waals surface area contributed by atoms with E-state index in [-0.39, 0.29) is 11.7 Å². The van der Waals surface area contributed by atoms with E-state index in [4.69, 9.17) is 0 Å². The lowest BCUT2D eigenvalue weighted by Gasteiger charge is -2.00. The first kappa shape index (κ1) is 17.5. The predicted molar refractivity (Wildman–Crippen MR) is 109 cm³/mol. The number of phenolic OH excluding ortho intramolecular Hbond substituents is 1. The summed E-state index contributed by atoms with van der Waals surface area (Å²) in [6, 6.07) is 20.0. The summed E-state index contributed by atoms with van der Waals surface area (Å²) in [5.74, 6) is 0.373. The summed E-state index contributed by atoms with van der Waals surface area (Å²) >= 11 is 0. The van der Waals surface area contributed by atoms with Crippen molar-refractivity contribution in [3.8, 4) is 17.1 Å². The lowest BCUT2D eigenvalue weighted by atomic mass is 10.2. The number of aromatic nitrogens is 2. The van der Waals surface area contributed by atoms with Crippen LogP contribution in [0.1, 0.15) is 21.5 Å². The van der Waals surface area contributed by atoms with Crippen molar-refractivity contribution in [1.82, 2.24) is 15.4 Å². The summed E-state index contributed by atoms with van der Waals surface area (Å²) in [7, 11) is 0. The van der Waals surface area contributed by atoms with E-state index in [0.29, 0.717) is 28.0 Å². The van der Waals surface area contributed by atoms with E-state index in [1.54, 1.807) is 42.6 Å². The van der Waals surface area contributed by atoms with Gasteiger partial charge in [0, 0.05) is 5.56 Å². The van der Waals surface area contributed by atoms with Crippen LogP contribution < -0.4 is 5.43 Å². The molecule has 3 aromatic carbocycles. The number of aromatic hydroxyl groups is 1. The highest BCUT2D eigenvalue weighted by Gasteiger charge is 2.11.